The summed E-state index contributed by atoms with van der Waals surface area (Å²) in [5.74, 6) is -1.68. The molecule has 2 heterocycles. The third kappa shape index (κ3) is 2.77. The van der Waals surface area contributed by atoms with Crippen molar-refractivity contribution in [2.24, 2.45) is 0 Å². The number of aromatic nitrogens is 2. The number of nitrogens with zero attached hydrogens (tertiary/aromatic N) is 4. The van der Waals surface area contributed by atoms with Crippen molar-refractivity contribution in [3.63, 3.8) is 0 Å². The van der Waals surface area contributed by atoms with E-state index in [0.29, 0.717) is 35.1 Å². The van der Waals surface area contributed by atoms with Crippen LogP contribution in [0.15, 0.2) is 30.6 Å². The van der Waals surface area contributed by atoms with Gasteiger partial charge in [0.15, 0.2) is 5.82 Å². The molecule has 1 saturated heterocycles. The van der Waals surface area contributed by atoms with Crippen LogP contribution >= 0.6 is 11.6 Å². The zero-order chi connectivity index (χ0) is 19.3. The van der Waals surface area contributed by atoms with E-state index in [9.17, 15) is 13.6 Å². The summed E-state index contributed by atoms with van der Waals surface area (Å²) in [5, 5.41) is 3.08. The number of amides is 1. The van der Waals surface area contributed by atoms with Gasteiger partial charge in [-0.15, -0.1) is 0 Å². The highest BCUT2D eigenvalue weighted by molar-refractivity contribution is 6.31. The van der Waals surface area contributed by atoms with Crippen molar-refractivity contribution in [1.82, 2.24) is 15.0 Å². The Morgan fingerprint density at radius 1 is 1.19 bits per heavy atom. The molecule has 0 saturated carbocycles. The van der Waals surface area contributed by atoms with Crippen molar-refractivity contribution in [3.8, 4) is 11.1 Å². The predicted molar refractivity (Wildman–Crippen MR) is 99.0 cm³/mol. The van der Waals surface area contributed by atoms with Gasteiger partial charge in [0.05, 0.1) is 11.2 Å². The zero-order valence-electron chi connectivity index (χ0n) is 14.2. The summed E-state index contributed by atoms with van der Waals surface area (Å²) >= 11 is 5.75. The average molecular weight is 390 g/mol. The van der Waals surface area contributed by atoms with Crippen LogP contribution in [0.5, 0.6) is 0 Å². The summed E-state index contributed by atoms with van der Waals surface area (Å²) in [7, 11) is 1.77. The van der Waals surface area contributed by atoms with Crippen LogP contribution in [0.2, 0.25) is 5.02 Å². The molecule has 4 rings (SSSR count). The lowest BCUT2D eigenvalue weighted by Gasteiger charge is -2.25. The summed E-state index contributed by atoms with van der Waals surface area (Å²) in [6, 6.07) is 5.65. The molecular formula is C18H14ClF2N5O. The maximum atomic E-state index is 14.7. The van der Waals surface area contributed by atoms with Gasteiger partial charge in [0, 0.05) is 36.5 Å². The van der Waals surface area contributed by atoms with E-state index in [1.807, 2.05) is 0 Å². The van der Waals surface area contributed by atoms with E-state index in [1.165, 1.54) is 17.4 Å². The van der Waals surface area contributed by atoms with Crippen molar-refractivity contribution in [2.75, 3.05) is 24.3 Å². The number of hydrazine groups is 1. The Labute approximate surface area is 158 Å². The van der Waals surface area contributed by atoms with E-state index in [4.69, 9.17) is 17.3 Å². The van der Waals surface area contributed by atoms with Gasteiger partial charge < -0.3 is 5.73 Å². The molecule has 0 unspecified atom stereocenters. The van der Waals surface area contributed by atoms with Crippen LogP contribution < -0.4 is 10.7 Å². The summed E-state index contributed by atoms with van der Waals surface area (Å²) in [6.45, 7) is 0.559. The van der Waals surface area contributed by atoms with Crippen molar-refractivity contribution in [3.05, 3.63) is 47.2 Å². The predicted octanol–water partition coefficient (Wildman–Crippen LogP) is 3.39. The molecule has 3 aromatic rings. The van der Waals surface area contributed by atoms with Crippen LogP contribution in [-0.2, 0) is 4.79 Å². The van der Waals surface area contributed by atoms with Gasteiger partial charge in [-0.3, -0.25) is 4.79 Å². The second-order valence-corrected chi connectivity index (χ2v) is 6.59. The molecule has 0 radical (unpaired) electrons. The van der Waals surface area contributed by atoms with Crippen LogP contribution in [-0.4, -0.2) is 34.5 Å². The molecule has 138 valence electrons. The summed E-state index contributed by atoms with van der Waals surface area (Å²) in [5.41, 5.74) is 7.24. The summed E-state index contributed by atoms with van der Waals surface area (Å²) in [6.07, 6.45) is 1.62. The summed E-state index contributed by atoms with van der Waals surface area (Å²) < 4.78 is 28.3. The topological polar surface area (TPSA) is 75.4 Å². The number of hydrogen-bond donors (Lipinski definition) is 1. The van der Waals surface area contributed by atoms with Crippen molar-refractivity contribution >= 4 is 39.9 Å². The minimum absolute atomic E-state index is 0.0562. The first-order chi connectivity index (χ1) is 12.9. The largest absolute Gasteiger partial charge is 0.383 e. The minimum atomic E-state index is -0.909. The quantitative estimate of drug-likeness (QED) is 0.680. The number of benzene rings is 2. The normalized spacial score (nSPS) is 15.1. The fourth-order valence-corrected chi connectivity index (χ4v) is 3.39. The second kappa shape index (κ2) is 6.40. The van der Waals surface area contributed by atoms with Crippen LogP contribution in [0, 0.1) is 11.6 Å². The van der Waals surface area contributed by atoms with Gasteiger partial charge in [0.1, 0.15) is 23.0 Å². The van der Waals surface area contributed by atoms with Gasteiger partial charge in [0.2, 0.25) is 5.91 Å². The highest BCUT2D eigenvalue weighted by Gasteiger charge is 2.29. The second-order valence-electron chi connectivity index (χ2n) is 6.21. The van der Waals surface area contributed by atoms with Crippen LogP contribution in [0.4, 0.5) is 20.3 Å². The molecule has 1 fully saturated rings. The fraction of sp³-hybridized carbons (Fsp3) is 0.167. The number of halogens is 3. The van der Waals surface area contributed by atoms with Crippen molar-refractivity contribution < 1.29 is 13.6 Å². The number of carbonyl (C=O) groups excluding carboxylic acids is 1. The zero-order valence-corrected chi connectivity index (χ0v) is 15.0. The Morgan fingerprint density at radius 3 is 2.67 bits per heavy atom. The minimum Gasteiger partial charge on any atom is -0.383 e. The molecule has 2 aromatic carbocycles. The first-order valence-electron chi connectivity index (χ1n) is 8.10. The number of nitrogen functional groups attached to an aromatic ring is 1. The van der Waals surface area contributed by atoms with E-state index in [0.717, 1.165) is 6.07 Å². The molecule has 0 bridgehead atoms. The fourth-order valence-electron chi connectivity index (χ4n) is 3.23. The molecule has 1 aliphatic heterocycles. The van der Waals surface area contributed by atoms with Gasteiger partial charge in [-0.1, -0.05) is 11.6 Å². The third-order valence-electron chi connectivity index (χ3n) is 4.55. The SMILES string of the molecule is CN1CCC(=O)N1c1cc(-c2ccc(F)c(Cl)c2F)c2ncnc(N)c2c1. The number of rotatable bonds is 2. The van der Waals surface area contributed by atoms with E-state index in [1.54, 1.807) is 24.2 Å². The van der Waals surface area contributed by atoms with Crippen LogP contribution in [0.25, 0.3) is 22.0 Å². The van der Waals surface area contributed by atoms with Crippen molar-refractivity contribution in [1.29, 1.82) is 0 Å². The Bertz CT molecular complexity index is 1090. The van der Waals surface area contributed by atoms with Crippen LogP contribution in [0.1, 0.15) is 6.42 Å². The molecule has 9 heteroatoms. The molecule has 1 aromatic heterocycles. The average Bonchev–Trinajstić information content (AvgIpc) is 2.98. The van der Waals surface area contributed by atoms with E-state index >= 15 is 0 Å². The molecule has 1 amide bonds. The van der Waals surface area contributed by atoms with E-state index in [2.05, 4.69) is 9.97 Å². The highest BCUT2D eigenvalue weighted by atomic mass is 35.5. The lowest BCUT2D eigenvalue weighted by molar-refractivity contribution is -0.117. The molecule has 2 N–H and O–H groups in total. The number of fused-ring (bicyclic) bond motifs is 1. The Hall–Kier alpha value is -2.84. The monoisotopic (exact) mass is 389 g/mol. The van der Waals surface area contributed by atoms with Gasteiger partial charge in [-0.2, -0.15) is 0 Å². The van der Waals surface area contributed by atoms with Gasteiger partial charge in [0.25, 0.3) is 0 Å². The van der Waals surface area contributed by atoms with Gasteiger partial charge in [-0.25, -0.2) is 28.8 Å². The van der Waals surface area contributed by atoms with Gasteiger partial charge >= 0.3 is 0 Å². The number of nitrogens with two attached hydrogens (primary N) is 1. The highest BCUT2D eigenvalue weighted by Crippen LogP contribution is 2.38. The molecule has 0 aliphatic carbocycles. The third-order valence-corrected chi connectivity index (χ3v) is 4.90. The number of carbonyl (C=O) groups is 1. The first-order valence-corrected chi connectivity index (χ1v) is 8.48. The number of anilines is 2. The van der Waals surface area contributed by atoms with Gasteiger partial charge in [-0.05, 0) is 24.3 Å². The Kier molecular flexibility index (Phi) is 4.16. The first kappa shape index (κ1) is 17.6. The Balaban J connectivity index is 2.04. The molecular weight excluding hydrogens is 376 g/mol. The molecule has 0 spiro atoms. The van der Waals surface area contributed by atoms with Crippen molar-refractivity contribution in [2.45, 2.75) is 6.42 Å². The Morgan fingerprint density at radius 2 is 1.96 bits per heavy atom. The van der Waals surface area contributed by atoms with E-state index < -0.39 is 16.7 Å². The lowest BCUT2D eigenvalue weighted by atomic mass is 10.00. The molecule has 27 heavy (non-hydrogen) atoms. The maximum Gasteiger partial charge on any atom is 0.242 e. The molecule has 6 nitrogen and oxygen atoms in total. The van der Waals surface area contributed by atoms with E-state index in [-0.39, 0.29) is 17.3 Å². The van der Waals surface area contributed by atoms with Crippen LogP contribution in [0.3, 0.4) is 0 Å². The summed E-state index contributed by atoms with van der Waals surface area (Å²) in [4.78, 5) is 20.5. The number of hydrogen-bond acceptors (Lipinski definition) is 5. The standard InChI is InChI=1S/C18H14ClF2N5O/c1-25-5-4-14(27)26(25)9-6-11(10-2-3-13(20)15(19)16(10)21)17-12(7-9)18(22)24-8-23-17/h2-3,6-8H,4-5H2,1H3,(H2,22,23,24). The lowest BCUT2D eigenvalue weighted by Crippen LogP contribution is -2.36. The maximum absolute atomic E-state index is 14.7. The molecule has 0 atom stereocenters. The smallest absolute Gasteiger partial charge is 0.242 e. The molecule has 1 aliphatic rings.